The van der Waals surface area contributed by atoms with Crippen LogP contribution >= 0.6 is 0 Å². The van der Waals surface area contributed by atoms with Gasteiger partial charge in [-0.15, -0.1) is 0 Å². The van der Waals surface area contributed by atoms with E-state index in [9.17, 15) is 0 Å². The molecule has 0 spiro atoms. The van der Waals surface area contributed by atoms with Crippen LogP contribution in [0.2, 0.25) is 0 Å². The highest BCUT2D eigenvalue weighted by Gasteiger charge is 2.21. The summed E-state index contributed by atoms with van der Waals surface area (Å²) in [6, 6.07) is 10.7. The highest BCUT2D eigenvalue weighted by molar-refractivity contribution is 5.77. The Balaban J connectivity index is 1.31. The quantitative estimate of drug-likeness (QED) is 0.743. The molecule has 1 aliphatic heterocycles. The minimum absolute atomic E-state index is 0.458. The molecule has 3 aromatic rings. The zero-order valence-electron chi connectivity index (χ0n) is 14.6. The first-order chi connectivity index (χ1) is 12.3. The molecule has 2 aromatic heterocycles. The molecule has 0 aliphatic carbocycles. The van der Waals surface area contributed by atoms with Crippen LogP contribution in [0.15, 0.2) is 39.3 Å². The summed E-state index contributed by atoms with van der Waals surface area (Å²) in [5.74, 6) is 2.49. The maximum atomic E-state index is 5.89. The minimum Gasteiger partial charge on any atom is -0.460 e. The summed E-state index contributed by atoms with van der Waals surface area (Å²) in [7, 11) is 0. The highest BCUT2D eigenvalue weighted by atomic mass is 16.5. The van der Waals surface area contributed by atoms with Crippen molar-refractivity contribution in [3.8, 4) is 0 Å². The smallest absolute Gasteiger partial charge is 0.226 e. The Bertz CT molecular complexity index is 793. The summed E-state index contributed by atoms with van der Waals surface area (Å²) >= 11 is 0. The Morgan fingerprint density at radius 1 is 1.32 bits per heavy atom. The number of aromatic nitrogens is 2. The van der Waals surface area contributed by atoms with Crippen LogP contribution in [0.1, 0.15) is 37.2 Å². The van der Waals surface area contributed by atoms with Crippen molar-refractivity contribution >= 4 is 11.0 Å². The molecular formula is C19H24N4O2. The number of furan rings is 1. The van der Waals surface area contributed by atoms with Gasteiger partial charge in [0.15, 0.2) is 5.82 Å². The van der Waals surface area contributed by atoms with E-state index < -0.39 is 0 Å². The summed E-state index contributed by atoms with van der Waals surface area (Å²) in [4.78, 5) is 6.80. The number of benzene rings is 1. The molecule has 1 N–H and O–H groups in total. The van der Waals surface area contributed by atoms with E-state index in [1.165, 1.54) is 12.8 Å². The van der Waals surface area contributed by atoms with Crippen molar-refractivity contribution in [1.29, 1.82) is 0 Å². The van der Waals surface area contributed by atoms with Crippen LogP contribution in [0.3, 0.4) is 0 Å². The third-order valence-electron chi connectivity index (χ3n) is 4.72. The average Bonchev–Trinajstić information content (AvgIpc) is 3.26. The van der Waals surface area contributed by atoms with Crippen molar-refractivity contribution < 1.29 is 8.94 Å². The Labute approximate surface area is 147 Å². The Kier molecular flexibility index (Phi) is 4.81. The third kappa shape index (κ3) is 3.91. The van der Waals surface area contributed by atoms with Gasteiger partial charge < -0.3 is 14.3 Å². The third-order valence-corrected chi connectivity index (χ3v) is 4.72. The van der Waals surface area contributed by atoms with E-state index in [0.717, 1.165) is 55.2 Å². The zero-order valence-corrected chi connectivity index (χ0v) is 14.6. The van der Waals surface area contributed by atoms with Crippen molar-refractivity contribution in [1.82, 2.24) is 20.4 Å². The van der Waals surface area contributed by atoms with E-state index in [2.05, 4.69) is 32.5 Å². The molecule has 0 saturated carbocycles. The first kappa shape index (κ1) is 16.3. The fourth-order valence-corrected chi connectivity index (χ4v) is 3.43. The van der Waals surface area contributed by atoms with Gasteiger partial charge in [-0.3, -0.25) is 4.90 Å². The number of para-hydroxylation sites is 1. The van der Waals surface area contributed by atoms with Gasteiger partial charge in [-0.25, -0.2) is 0 Å². The molecule has 132 valence electrons. The molecule has 1 aliphatic rings. The zero-order chi connectivity index (χ0) is 17.1. The molecule has 0 unspecified atom stereocenters. The molecule has 6 nitrogen and oxygen atoms in total. The number of rotatable bonds is 6. The lowest BCUT2D eigenvalue weighted by Crippen LogP contribution is -2.45. The molecule has 0 amide bonds. The van der Waals surface area contributed by atoms with Gasteiger partial charge >= 0.3 is 0 Å². The van der Waals surface area contributed by atoms with Crippen molar-refractivity contribution in [2.24, 2.45) is 0 Å². The predicted molar refractivity (Wildman–Crippen MR) is 95.0 cm³/mol. The number of hydrogen-bond donors (Lipinski definition) is 1. The van der Waals surface area contributed by atoms with E-state index in [4.69, 9.17) is 8.94 Å². The van der Waals surface area contributed by atoms with E-state index >= 15 is 0 Å². The molecule has 1 saturated heterocycles. The number of nitrogens with zero attached hydrogens (tertiary/aromatic N) is 3. The molecule has 0 radical (unpaired) electrons. The number of hydrogen-bond acceptors (Lipinski definition) is 6. The Morgan fingerprint density at radius 2 is 2.24 bits per heavy atom. The first-order valence-electron chi connectivity index (χ1n) is 9.05. The molecule has 1 aromatic carbocycles. The van der Waals surface area contributed by atoms with Gasteiger partial charge in [0.25, 0.3) is 0 Å². The summed E-state index contributed by atoms with van der Waals surface area (Å²) < 4.78 is 11.1. The van der Waals surface area contributed by atoms with Crippen molar-refractivity contribution in [2.75, 3.05) is 13.1 Å². The lowest BCUT2D eigenvalue weighted by molar-refractivity contribution is 0.176. The molecule has 0 bridgehead atoms. The standard InChI is InChI=1S/C19H24N4O2/c1-2-19-21-18(22-25-19)13-23-9-5-7-15(12-23)20-11-16-10-14-6-3-4-8-17(14)24-16/h3-4,6,8,10,15,20H,2,5,7,9,11-13H2,1H3/t15-/m0/s1. The lowest BCUT2D eigenvalue weighted by Gasteiger charge is -2.32. The number of aryl methyl sites for hydroxylation is 1. The van der Waals surface area contributed by atoms with Crippen LogP contribution in [0.4, 0.5) is 0 Å². The second kappa shape index (κ2) is 7.37. The SMILES string of the molecule is CCc1nc(CN2CCC[C@H](NCc3cc4ccccc4o3)C2)no1. The number of likely N-dealkylation sites (tertiary alicyclic amines) is 1. The fraction of sp³-hybridized carbons (Fsp3) is 0.474. The summed E-state index contributed by atoms with van der Waals surface area (Å²) in [5, 5.41) is 8.85. The maximum Gasteiger partial charge on any atom is 0.226 e. The van der Waals surface area contributed by atoms with Gasteiger partial charge in [0.05, 0.1) is 13.1 Å². The van der Waals surface area contributed by atoms with Crippen LogP contribution in [0, 0.1) is 0 Å². The number of fused-ring (bicyclic) bond motifs is 1. The summed E-state index contributed by atoms with van der Waals surface area (Å²) in [6.45, 7) is 5.62. The minimum atomic E-state index is 0.458. The molecule has 1 fully saturated rings. The molecule has 6 heteroatoms. The molecule has 1 atom stereocenters. The molecule has 25 heavy (non-hydrogen) atoms. The van der Waals surface area contributed by atoms with Gasteiger partial charge in [-0.1, -0.05) is 30.3 Å². The second-order valence-electron chi connectivity index (χ2n) is 6.66. The van der Waals surface area contributed by atoms with Crippen molar-refractivity contribution in [3.63, 3.8) is 0 Å². The van der Waals surface area contributed by atoms with Crippen molar-refractivity contribution in [3.05, 3.63) is 47.8 Å². The predicted octanol–water partition coefficient (Wildman–Crippen LogP) is 3.13. The summed E-state index contributed by atoms with van der Waals surface area (Å²) in [6.07, 6.45) is 3.15. The van der Waals surface area contributed by atoms with Crippen LogP contribution in [0.25, 0.3) is 11.0 Å². The maximum absolute atomic E-state index is 5.89. The Hall–Kier alpha value is -2.18. The van der Waals surface area contributed by atoms with Crippen LogP contribution in [-0.2, 0) is 19.5 Å². The van der Waals surface area contributed by atoms with E-state index in [1.807, 2.05) is 25.1 Å². The van der Waals surface area contributed by atoms with Gasteiger partial charge in [-0.2, -0.15) is 4.98 Å². The number of piperidine rings is 1. The molecule has 4 rings (SSSR count). The average molecular weight is 340 g/mol. The van der Waals surface area contributed by atoms with Gasteiger partial charge in [0, 0.05) is 24.4 Å². The van der Waals surface area contributed by atoms with Crippen molar-refractivity contribution in [2.45, 2.75) is 45.3 Å². The van der Waals surface area contributed by atoms with Gasteiger partial charge in [0.1, 0.15) is 11.3 Å². The fourth-order valence-electron chi connectivity index (χ4n) is 3.43. The second-order valence-corrected chi connectivity index (χ2v) is 6.66. The Morgan fingerprint density at radius 3 is 3.08 bits per heavy atom. The van der Waals surface area contributed by atoms with E-state index in [0.29, 0.717) is 11.9 Å². The molecular weight excluding hydrogens is 316 g/mol. The molecule has 3 heterocycles. The monoisotopic (exact) mass is 340 g/mol. The van der Waals surface area contributed by atoms with E-state index in [-0.39, 0.29) is 0 Å². The van der Waals surface area contributed by atoms with Crippen LogP contribution < -0.4 is 5.32 Å². The number of nitrogens with one attached hydrogen (secondary N) is 1. The van der Waals surface area contributed by atoms with Gasteiger partial charge in [0.2, 0.25) is 5.89 Å². The lowest BCUT2D eigenvalue weighted by atomic mass is 10.1. The largest absolute Gasteiger partial charge is 0.460 e. The van der Waals surface area contributed by atoms with Crippen LogP contribution in [-0.4, -0.2) is 34.2 Å². The van der Waals surface area contributed by atoms with Crippen LogP contribution in [0.5, 0.6) is 0 Å². The highest BCUT2D eigenvalue weighted by Crippen LogP contribution is 2.19. The normalized spacial score (nSPS) is 18.8. The first-order valence-corrected chi connectivity index (χ1v) is 9.05. The van der Waals surface area contributed by atoms with Gasteiger partial charge in [-0.05, 0) is 31.5 Å². The van der Waals surface area contributed by atoms with E-state index in [1.54, 1.807) is 0 Å². The topological polar surface area (TPSA) is 67.3 Å². The summed E-state index contributed by atoms with van der Waals surface area (Å²) in [5.41, 5.74) is 0.952.